The van der Waals surface area contributed by atoms with Gasteiger partial charge in [0.15, 0.2) is 0 Å². The van der Waals surface area contributed by atoms with Crippen LogP contribution in [0.2, 0.25) is 0 Å². The first-order chi connectivity index (χ1) is 8.25. The van der Waals surface area contributed by atoms with Crippen LogP contribution in [0.5, 0.6) is 0 Å². The molecule has 1 heterocycles. The number of carbonyl (C=O) groups is 2. The first-order valence-corrected chi connectivity index (χ1v) is 6.58. The molecule has 2 aliphatic rings. The Balaban J connectivity index is 1.82. The van der Waals surface area contributed by atoms with E-state index in [4.69, 9.17) is 0 Å². The second-order valence-corrected chi connectivity index (χ2v) is 4.91. The molecular weight excluding hydrogens is 218 g/mol. The molecule has 1 saturated heterocycles. The number of hydrogen-bond acceptors (Lipinski definition) is 2. The molecule has 17 heavy (non-hydrogen) atoms. The molecule has 0 spiro atoms. The molecule has 2 rings (SSSR count). The Hall–Kier alpha value is -1.26. The standard InChI is InChI=1S/C12H21N3O2/c16-11-9-15(8-4-7-13-11)12(17)14-10-5-2-1-3-6-10/h10H,1-9H2,(H,13,16)(H,14,17). The minimum atomic E-state index is -0.0750. The Morgan fingerprint density at radius 1 is 1.24 bits per heavy atom. The highest BCUT2D eigenvalue weighted by atomic mass is 16.2. The number of urea groups is 1. The summed E-state index contributed by atoms with van der Waals surface area (Å²) in [5.41, 5.74) is 0. The molecule has 5 heteroatoms. The van der Waals surface area contributed by atoms with Crippen molar-refractivity contribution in [1.29, 1.82) is 0 Å². The second kappa shape index (κ2) is 5.89. The van der Waals surface area contributed by atoms with Crippen molar-refractivity contribution >= 4 is 11.9 Å². The van der Waals surface area contributed by atoms with Crippen molar-refractivity contribution < 1.29 is 9.59 Å². The minimum absolute atomic E-state index is 0.0544. The van der Waals surface area contributed by atoms with Gasteiger partial charge in [-0.15, -0.1) is 0 Å². The molecule has 0 aromatic rings. The Morgan fingerprint density at radius 3 is 2.76 bits per heavy atom. The number of rotatable bonds is 1. The molecule has 1 aliphatic heterocycles. The van der Waals surface area contributed by atoms with Crippen molar-refractivity contribution in [2.75, 3.05) is 19.6 Å². The van der Waals surface area contributed by atoms with Gasteiger partial charge in [-0.1, -0.05) is 19.3 Å². The van der Waals surface area contributed by atoms with E-state index in [0.29, 0.717) is 19.1 Å². The summed E-state index contributed by atoms with van der Waals surface area (Å²) in [6.45, 7) is 1.53. The molecule has 0 unspecified atom stereocenters. The van der Waals surface area contributed by atoms with E-state index in [-0.39, 0.29) is 18.5 Å². The molecule has 5 nitrogen and oxygen atoms in total. The highest BCUT2D eigenvalue weighted by molar-refractivity contribution is 5.84. The van der Waals surface area contributed by atoms with Crippen molar-refractivity contribution in [2.45, 2.75) is 44.6 Å². The molecule has 0 bridgehead atoms. The second-order valence-electron chi connectivity index (χ2n) is 4.91. The molecule has 3 amide bonds. The zero-order valence-corrected chi connectivity index (χ0v) is 10.2. The van der Waals surface area contributed by atoms with Gasteiger partial charge in [-0.2, -0.15) is 0 Å². The molecule has 96 valence electrons. The molecule has 2 fully saturated rings. The first kappa shape index (κ1) is 12.2. The van der Waals surface area contributed by atoms with Gasteiger partial charge in [-0.3, -0.25) is 4.79 Å². The highest BCUT2D eigenvalue weighted by Gasteiger charge is 2.22. The fourth-order valence-electron chi connectivity index (χ4n) is 2.49. The Morgan fingerprint density at radius 2 is 2.00 bits per heavy atom. The number of hydrogen-bond donors (Lipinski definition) is 2. The third-order valence-corrected chi connectivity index (χ3v) is 3.48. The summed E-state index contributed by atoms with van der Waals surface area (Å²) in [6.07, 6.45) is 6.66. The van der Waals surface area contributed by atoms with Crippen LogP contribution in [-0.2, 0) is 4.79 Å². The van der Waals surface area contributed by atoms with Crippen LogP contribution < -0.4 is 10.6 Å². The Labute approximate surface area is 102 Å². The fraction of sp³-hybridized carbons (Fsp3) is 0.833. The summed E-state index contributed by atoms with van der Waals surface area (Å²) < 4.78 is 0. The number of amides is 3. The summed E-state index contributed by atoms with van der Waals surface area (Å²) in [5.74, 6) is -0.0544. The van der Waals surface area contributed by atoms with Gasteiger partial charge in [-0.25, -0.2) is 4.79 Å². The van der Waals surface area contributed by atoms with E-state index < -0.39 is 0 Å². The fourth-order valence-corrected chi connectivity index (χ4v) is 2.49. The monoisotopic (exact) mass is 239 g/mol. The summed E-state index contributed by atoms with van der Waals surface area (Å²) in [5, 5.41) is 5.82. The number of nitrogens with one attached hydrogen (secondary N) is 2. The van der Waals surface area contributed by atoms with E-state index in [9.17, 15) is 9.59 Å². The van der Waals surface area contributed by atoms with Crippen LogP contribution in [0.4, 0.5) is 4.79 Å². The van der Waals surface area contributed by atoms with Crippen LogP contribution in [0, 0.1) is 0 Å². The average molecular weight is 239 g/mol. The largest absolute Gasteiger partial charge is 0.354 e. The number of nitrogens with zero attached hydrogens (tertiary/aromatic N) is 1. The van der Waals surface area contributed by atoms with Crippen LogP contribution >= 0.6 is 0 Å². The highest BCUT2D eigenvalue weighted by Crippen LogP contribution is 2.17. The van der Waals surface area contributed by atoms with Gasteiger partial charge in [0.25, 0.3) is 0 Å². The summed E-state index contributed by atoms with van der Waals surface area (Å²) in [4.78, 5) is 25.0. The predicted molar refractivity (Wildman–Crippen MR) is 64.6 cm³/mol. The zero-order valence-electron chi connectivity index (χ0n) is 10.2. The summed E-state index contributed by atoms with van der Waals surface area (Å²) in [6, 6.07) is 0.233. The lowest BCUT2D eigenvalue weighted by Gasteiger charge is -2.27. The van der Waals surface area contributed by atoms with Gasteiger partial charge < -0.3 is 15.5 Å². The maximum Gasteiger partial charge on any atom is 0.318 e. The Kier molecular flexibility index (Phi) is 4.23. The van der Waals surface area contributed by atoms with E-state index in [2.05, 4.69) is 10.6 Å². The van der Waals surface area contributed by atoms with Crippen molar-refractivity contribution in [2.24, 2.45) is 0 Å². The van der Waals surface area contributed by atoms with E-state index in [0.717, 1.165) is 19.3 Å². The smallest absolute Gasteiger partial charge is 0.318 e. The Bertz CT molecular complexity index is 287. The molecule has 1 aliphatic carbocycles. The first-order valence-electron chi connectivity index (χ1n) is 6.58. The lowest BCUT2D eigenvalue weighted by molar-refractivity contribution is -0.121. The summed E-state index contributed by atoms with van der Waals surface area (Å²) in [7, 11) is 0. The van der Waals surface area contributed by atoms with Crippen LogP contribution in [0.15, 0.2) is 0 Å². The maximum absolute atomic E-state index is 12.0. The van der Waals surface area contributed by atoms with E-state index in [1.165, 1.54) is 19.3 Å². The van der Waals surface area contributed by atoms with Gasteiger partial charge in [0, 0.05) is 19.1 Å². The quantitative estimate of drug-likeness (QED) is 0.712. The summed E-state index contributed by atoms with van der Waals surface area (Å²) >= 11 is 0. The van der Waals surface area contributed by atoms with Gasteiger partial charge in [0.05, 0.1) is 0 Å². The van der Waals surface area contributed by atoms with Crippen molar-refractivity contribution in [3.63, 3.8) is 0 Å². The van der Waals surface area contributed by atoms with Crippen LogP contribution in [0.1, 0.15) is 38.5 Å². The molecule has 0 radical (unpaired) electrons. The average Bonchev–Trinajstić information content (AvgIpc) is 2.55. The van der Waals surface area contributed by atoms with Crippen molar-refractivity contribution in [3.8, 4) is 0 Å². The van der Waals surface area contributed by atoms with Gasteiger partial charge in [0.2, 0.25) is 5.91 Å². The molecular formula is C12H21N3O2. The third kappa shape index (κ3) is 3.61. The van der Waals surface area contributed by atoms with Crippen LogP contribution in [-0.4, -0.2) is 42.5 Å². The van der Waals surface area contributed by atoms with Crippen LogP contribution in [0.25, 0.3) is 0 Å². The van der Waals surface area contributed by atoms with Crippen LogP contribution in [0.3, 0.4) is 0 Å². The van der Waals surface area contributed by atoms with Gasteiger partial charge in [-0.05, 0) is 19.3 Å². The lowest BCUT2D eigenvalue weighted by atomic mass is 9.96. The lowest BCUT2D eigenvalue weighted by Crippen LogP contribution is -2.47. The molecule has 2 N–H and O–H groups in total. The van der Waals surface area contributed by atoms with E-state index >= 15 is 0 Å². The van der Waals surface area contributed by atoms with E-state index in [1.807, 2.05) is 0 Å². The SMILES string of the molecule is O=C1CN(C(=O)NC2CCCCC2)CCCN1. The number of carbonyl (C=O) groups excluding carboxylic acids is 2. The zero-order chi connectivity index (χ0) is 12.1. The predicted octanol–water partition coefficient (Wildman–Crippen LogP) is 0.851. The van der Waals surface area contributed by atoms with Crippen molar-refractivity contribution in [1.82, 2.24) is 15.5 Å². The molecule has 1 saturated carbocycles. The molecule has 0 aromatic heterocycles. The molecule has 0 aromatic carbocycles. The van der Waals surface area contributed by atoms with Gasteiger partial charge >= 0.3 is 6.03 Å². The van der Waals surface area contributed by atoms with Crippen molar-refractivity contribution in [3.05, 3.63) is 0 Å². The third-order valence-electron chi connectivity index (χ3n) is 3.48. The topological polar surface area (TPSA) is 61.4 Å². The normalized spacial score (nSPS) is 22.8. The van der Waals surface area contributed by atoms with Gasteiger partial charge in [0.1, 0.15) is 6.54 Å². The molecule has 0 atom stereocenters. The minimum Gasteiger partial charge on any atom is -0.354 e. The van der Waals surface area contributed by atoms with E-state index in [1.54, 1.807) is 4.90 Å². The maximum atomic E-state index is 12.0.